The largest absolute Gasteiger partial charge is 0.384 e. The van der Waals surface area contributed by atoms with Crippen LogP contribution in [-0.4, -0.2) is 12.3 Å². The summed E-state index contributed by atoms with van der Waals surface area (Å²) in [4.78, 5) is 11.1. The number of rotatable bonds is 3. The van der Waals surface area contributed by atoms with Gasteiger partial charge in [0.05, 0.1) is 0 Å². The molecule has 1 N–H and O–H groups in total. The fraction of sp³-hybridized carbons (Fsp3) is 0.500. The molecule has 0 aromatic heterocycles. The standard InChI is InChI=1S/C14H18BrNO/c1-10-2-7-14(13(15)8-10)16-9-11-3-5-12(17)6-4-11/h2,7-8,11,16H,3-6,9H2,1H3. The van der Waals surface area contributed by atoms with Crippen LogP contribution in [0.15, 0.2) is 22.7 Å². The van der Waals surface area contributed by atoms with E-state index < -0.39 is 0 Å². The fourth-order valence-corrected chi connectivity index (χ4v) is 2.85. The zero-order chi connectivity index (χ0) is 12.3. The minimum atomic E-state index is 0.428. The van der Waals surface area contributed by atoms with Crippen LogP contribution >= 0.6 is 15.9 Å². The van der Waals surface area contributed by atoms with Crippen molar-refractivity contribution in [1.29, 1.82) is 0 Å². The summed E-state index contributed by atoms with van der Waals surface area (Å²) in [5, 5.41) is 3.47. The number of carbonyl (C=O) groups is 1. The van der Waals surface area contributed by atoms with Gasteiger partial charge in [0.1, 0.15) is 5.78 Å². The third kappa shape index (κ3) is 3.56. The third-order valence-electron chi connectivity index (χ3n) is 3.37. The summed E-state index contributed by atoms with van der Waals surface area (Å²) in [5.41, 5.74) is 2.40. The number of carbonyl (C=O) groups excluding carboxylic acids is 1. The van der Waals surface area contributed by atoms with Crippen molar-refractivity contribution in [2.45, 2.75) is 32.6 Å². The summed E-state index contributed by atoms with van der Waals surface area (Å²) in [5.74, 6) is 1.07. The minimum Gasteiger partial charge on any atom is -0.384 e. The first-order valence-corrected chi connectivity index (χ1v) is 6.96. The summed E-state index contributed by atoms with van der Waals surface area (Å²) in [6.45, 7) is 3.05. The molecule has 0 heterocycles. The zero-order valence-corrected chi connectivity index (χ0v) is 11.7. The molecule has 1 aliphatic carbocycles. The Morgan fingerprint density at radius 2 is 2.06 bits per heavy atom. The zero-order valence-electron chi connectivity index (χ0n) is 10.1. The average Bonchev–Trinajstić information content (AvgIpc) is 2.30. The molecule has 1 aromatic rings. The van der Waals surface area contributed by atoms with Gasteiger partial charge in [-0.1, -0.05) is 6.07 Å². The first-order valence-electron chi connectivity index (χ1n) is 6.17. The van der Waals surface area contributed by atoms with Crippen LogP contribution < -0.4 is 5.32 Å². The van der Waals surface area contributed by atoms with Gasteiger partial charge in [-0.2, -0.15) is 0 Å². The molecule has 2 rings (SSSR count). The van der Waals surface area contributed by atoms with Crippen LogP contribution in [0.25, 0.3) is 0 Å². The second-order valence-corrected chi connectivity index (χ2v) is 5.70. The van der Waals surface area contributed by atoms with Crippen molar-refractivity contribution in [2.75, 3.05) is 11.9 Å². The van der Waals surface area contributed by atoms with Crippen LogP contribution in [-0.2, 0) is 4.79 Å². The molecule has 0 aliphatic heterocycles. The number of anilines is 1. The minimum absolute atomic E-state index is 0.428. The molecule has 3 heteroatoms. The van der Waals surface area contributed by atoms with Crippen molar-refractivity contribution in [1.82, 2.24) is 0 Å². The van der Waals surface area contributed by atoms with E-state index >= 15 is 0 Å². The molecule has 92 valence electrons. The Kier molecular flexibility index (Phi) is 4.21. The quantitative estimate of drug-likeness (QED) is 0.915. The Hall–Kier alpha value is -0.830. The Morgan fingerprint density at radius 3 is 2.71 bits per heavy atom. The van der Waals surface area contributed by atoms with Crippen LogP contribution in [0, 0.1) is 12.8 Å². The van der Waals surface area contributed by atoms with Crippen LogP contribution in [0.3, 0.4) is 0 Å². The second kappa shape index (κ2) is 5.67. The highest BCUT2D eigenvalue weighted by Gasteiger charge is 2.18. The third-order valence-corrected chi connectivity index (χ3v) is 4.02. The maximum absolute atomic E-state index is 11.1. The molecule has 1 fully saturated rings. The van der Waals surface area contributed by atoms with Crippen molar-refractivity contribution in [3.05, 3.63) is 28.2 Å². The van der Waals surface area contributed by atoms with Crippen molar-refractivity contribution >= 4 is 27.4 Å². The number of aryl methyl sites for hydroxylation is 1. The van der Waals surface area contributed by atoms with E-state index in [0.29, 0.717) is 11.7 Å². The smallest absolute Gasteiger partial charge is 0.132 e. The lowest BCUT2D eigenvalue weighted by Gasteiger charge is -2.22. The van der Waals surface area contributed by atoms with Crippen LogP contribution in [0.2, 0.25) is 0 Å². The summed E-state index contributed by atoms with van der Waals surface area (Å²) in [6.07, 6.45) is 3.60. The highest BCUT2D eigenvalue weighted by molar-refractivity contribution is 9.10. The number of ketones is 1. The number of benzene rings is 1. The van der Waals surface area contributed by atoms with E-state index in [0.717, 1.165) is 42.4 Å². The van der Waals surface area contributed by atoms with Crippen LogP contribution in [0.4, 0.5) is 5.69 Å². The van der Waals surface area contributed by atoms with Gasteiger partial charge in [-0.3, -0.25) is 4.79 Å². The Morgan fingerprint density at radius 1 is 1.35 bits per heavy atom. The molecule has 0 saturated heterocycles. The van der Waals surface area contributed by atoms with E-state index in [9.17, 15) is 4.79 Å². The molecular formula is C14H18BrNO. The Bertz CT molecular complexity index is 407. The predicted octanol–water partition coefficient (Wildman–Crippen LogP) is 3.93. The number of halogens is 1. The topological polar surface area (TPSA) is 29.1 Å². The number of Topliss-reactive ketones (excluding diaryl/α,β-unsaturated/α-hetero) is 1. The van der Waals surface area contributed by atoms with Crippen molar-refractivity contribution in [2.24, 2.45) is 5.92 Å². The van der Waals surface area contributed by atoms with Gasteiger partial charge in [0, 0.05) is 29.5 Å². The molecule has 1 aliphatic rings. The van der Waals surface area contributed by atoms with Gasteiger partial charge in [-0.25, -0.2) is 0 Å². The van der Waals surface area contributed by atoms with E-state index in [1.54, 1.807) is 0 Å². The lowest BCUT2D eigenvalue weighted by atomic mass is 9.88. The monoisotopic (exact) mass is 295 g/mol. The average molecular weight is 296 g/mol. The molecule has 0 unspecified atom stereocenters. The van der Waals surface area contributed by atoms with Gasteiger partial charge in [-0.15, -0.1) is 0 Å². The maximum atomic E-state index is 11.1. The highest BCUT2D eigenvalue weighted by Crippen LogP contribution is 2.26. The van der Waals surface area contributed by atoms with Crippen molar-refractivity contribution in [3.63, 3.8) is 0 Å². The lowest BCUT2D eigenvalue weighted by Crippen LogP contribution is -2.21. The lowest BCUT2D eigenvalue weighted by molar-refractivity contribution is -0.120. The molecule has 17 heavy (non-hydrogen) atoms. The van der Waals surface area contributed by atoms with Gasteiger partial charge >= 0.3 is 0 Å². The molecule has 1 saturated carbocycles. The Balaban J connectivity index is 1.87. The maximum Gasteiger partial charge on any atom is 0.132 e. The van der Waals surface area contributed by atoms with Crippen molar-refractivity contribution < 1.29 is 4.79 Å². The van der Waals surface area contributed by atoms with Gasteiger partial charge in [0.2, 0.25) is 0 Å². The molecule has 0 bridgehead atoms. The van der Waals surface area contributed by atoms with Crippen LogP contribution in [0.1, 0.15) is 31.2 Å². The molecular weight excluding hydrogens is 278 g/mol. The Labute approximate surface area is 111 Å². The fourth-order valence-electron chi connectivity index (χ4n) is 2.22. The summed E-state index contributed by atoms with van der Waals surface area (Å²) >= 11 is 3.57. The number of nitrogens with one attached hydrogen (secondary N) is 1. The highest BCUT2D eigenvalue weighted by atomic mass is 79.9. The van der Waals surface area contributed by atoms with Gasteiger partial charge < -0.3 is 5.32 Å². The summed E-state index contributed by atoms with van der Waals surface area (Å²) in [7, 11) is 0. The van der Waals surface area contributed by atoms with E-state index in [1.807, 2.05) is 0 Å². The van der Waals surface area contributed by atoms with E-state index in [2.05, 4.69) is 46.4 Å². The number of hydrogen-bond acceptors (Lipinski definition) is 2. The molecule has 0 atom stereocenters. The van der Waals surface area contributed by atoms with Crippen LogP contribution in [0.5, 0.6) is 0 Å². The second-order valence-electron chi connectivity index (χ2n) is 4.85. The van der Waals surface area contributed by atoms with E-state index in [1.165, 1.54) is 5.56 Å². The van der Waals surface area contributed by atoms with Crippen molar-refractivity contribution in [3.8, 4) is 0 Å². The first-order chi connectivity index (χ1) is 8.15. The summed E-state index contributed by atoms with van der Waals surface area (Å²) < 4.78 is 1.12. The predicted molar refractivity (Wildman–Crippen MR) is 74.3 cm³/mol. The molecule has 2 nitrogen and oxygen atoms in total. The van der Waals surface area contributed by atoms with Gasteiger partial charge in [0.15, 0.2) is 0 Å². The van der Waals surface area contributed by atoms with E-state index in [4.69, 9.17) is 0 Å². The van der Waals surface area contributed by atoms with Gasteiger partial charge in [0.25, 0.3) is 0 Å². The van der Waals surface area contributed by atoms with Gasteiger partial charge in [-0.05, 0) is 59.3 Å². The molecule has 0 amide bonds. The van der Waals surface area contributed by atoms with E-state index in [-0.39, 0.29) is 0 Å². The molecule has 0 spiro atoms. The SMILES string of the molecule is Cc1ccc(NCC2CCC(=O)CC2)c(Br)c1. The number of hydrogen-bond donors (Lipinski definition) is 1. The normalized spacial score (nSPS) is 17.2. The molecule has 0 radical (unpaired) electrons. The molecule has 1 aromatic carbocycles. The first kappa shape index (κ1) is 12.6. The summed E-state index contributed by atoms with van der Waals surface area (Å²) in [6, 6.07) is 6.33.